The Morgan fingerprint density at radius 3 is 2.92 bits per heavy atom. The zero-order valence-electron chi connectivity index (χ0n) is 8.03. The molecule has 1 heterocycles. The first-order valence-corrected chi connectivity index (χ1v) is 4.93. The van der Waals surface area contributed by atoms with Crippen molar-refractivity contribution in [3.63, 3.8) is 0 Å². The molecular weight excluding hydrogens is 186 g/mol. The van der Waals surface area contributed by atoms with Gasteiger partial charge in [-0.2, -0.15) is 0 Å². The molecule has 0 N–H and O–H groups in total. The summed E-state index contributed by atoms with van der Waals surface area (Å²) < 4.78 is 5.11. The molecule has 0 aromatic carbocycles. The predicted octanol–water partition coefficient (Wildman–Crippen LogP) is 1.92. The highest BCUT2D eigenvalue weighted by Gasteiger charge is 2.08. The van der Waals surface area contributed by atoms with Gasteiger partial charge < -0.3 is 4.74 Å². The summed E-state index contributed by atoms with van der Waals surface area (Å²) >= 11 is 1.44. The van der Waals surface area contributed by atoms with Gasteiger partial charge in [0.05, 0.1) is 16.0 Å². The van der Waals surface area contributed by atoms with Crippen molar-refractivity contribution in [2.75, 3.05) is 7.11 Å². The van der Waals surface area contributed by atoms with Crippen molar-refractivity contribution >= 4 is 17.1 Å². The molecule has 0 amide bonds. The zero-order valence-corrected chi connectivity index (χ0v) is 8.85. The fraction of sp³-hybridized carbons (Fsp3) is 0.556. The molecule has 1 atom stereocenters. The summed E-state index contributed by atoms with van der Waals surface area (Å²) in [7, 11) is 1.67. The summed E-state index contributed by atoms with van der Waals surface area (Å²) in [4.78, 5) is 15.8. The second-order valence-electron chi connectivity index (χ2n) is 2.92. The number of methoxy groups -OCH3 is 1. The van der Waals surface area contributed by atoms with Crippen LogP contribution in [-0.2, 0) is 11.2 Å². The summed E-state index contributed by atoms with van der Waals surface area (Å²) in [6, 6.07) is 0. The molecule has 0 fully saturated rings. The van der Waals surface area contributed by atoms with Gasteiger partial charge in [0.25, 0.3) is 0 Å². The van der Waals surface area contributed by atoms with Crippen molar-refractivity contribution in [2.45, 2.75) is 26.4 Å². The SMILES string of the molecule is COC(C)Cc1ncc(C(C)=O)s1. The first-order chi connectivity index (χ1) is 6.13. The van der Waals surface area contributed by atoms with Crippen molar-refractivity contribution in [1.82, 2.24) is 4.98 Å². The van der Waals surface area contributed by atoms with E-state index in [2.05, 4.69) is 4.98 Å². The predicted molar refractivity (Wildman–Crippen MR) is 52.3 cm³/mol. The van der Waals surface area contributed by atoms with E-state index in [4.69, 9.17) is 4.74 Å². The number of rotatable bonds is 4. The average Bonchev–Trinajstić information content (AvgIpc) is 2.52. The van der Waals surface area contributed by atoms with Gasteiger partial charge in [-0.25, -0.2) is 4.98 Å². The van der Waals surface area contributed by atoms with E-state index in [1.54, 1.807) is 20.2 Å². The maximum atomic E-state index is 11.0. The van der Waals surface area contributed by atoms with Crippen molar-refractivity contribution in [1.29, 1.82) is 0 Å². The van der Waals surface area contributed by atoms with E-state index >= 15 is 0 Å². The molecule has 1 rings (SSSR count). The van der Waals surface area contributed by atoms with Gasteiger partial charge in [0.1, 0.15) is 0 Å². The second-order valence-corrected chi connectivity index (χ2v) is 4.04. The summed E-state index contributed by atoms with van der Waals surface area (Å²) in [6.45, 7) is 3.53. The molecule has 0 saturated heterocycles. The molecule has 0 bridgehead atoms. The third kappa shape index (κ3) is 2.90. The van der Waals surface area contributed by atoms with Crippen LogP contribution in [0.3, 0.4) is 0 Å². The average molecular weight is 199 g/mol. The summed E-state index contributed by atoms with van der Waals surface area (Å²) in [6.07, 6.45) is 2.56. The van der Waals surface area contributed by atoms with Gasteiger partial charge in [-0.1, -0.05) is 0 Å². The largest absolute Gasteiger partial charge is 0.381 e. The lowest BCUT2D eigenvalue weighted by atomic mass is 10.3. The molecule has 0 aliphatic heterocycles. The number of carbonyl (C=O) groups excluding carboxylic acids is 1. The Bertz CT molecular complexity index is 296. The summed E-state index contributed by atoms with van der Waals surface area (Å²) in [5.74, 6) is 0.0776. The van der Waals surface area contributed by atoms with E-state index in [-0.39, 0.29) is 11.9 Å². The van der Waals surface area contributed by atoms with Gasteiger partial charge in [-0.05, 0) is 6.92 Å². The summed E-state index contributed by atoms with van der Waals surface area (Å²) in [5.41, 5.74) is 0. The number of hydrogen-bond donors (Lipinski definition) is 0. The molecule has 72 valence electrons. The molecule has 0 aliphatic carbocycles. The Hall–Kier alpha value is -0.740. The highest BCUT2D eigenvalue weighted by molar-refractivity contribution is 7.13. The topological polar surface area (TPSA) is 39.2 Å². The Labute approximate surface area is 81.8 Å². The third-order valence-electron chi connectivity index (χ3n) is 1.77. The van der Waals surface area contributed by atoms with Crippen LogP contribution in [0.5, 0.6) is 0 Å². The second kappa shape index (κ2) is 4.48. The minimum atomic E-state index is 0.0776. The number of aromatic nitrogens is 1. The molecule has 4 heteroatoms. The number of carbonyl (C=O) groups is 1. The summed E-state index contributed by atoms with van der Waals surface area (Å²) in [5, 5.41) is 0.958. The van der Waals surface area contributed by atoms with Crippen LogP contribution < -0.4 is 0 Å². The molecule has 1 unspecified atom stereocenters. The fourth-order valence-electron chi connectivity index (χ4n) is 0.897. The zero-order chi connectivity index (χ0) is 9.84. The number of ketones is 1. The highest BCUT2D eigenvalue weighted by atomic mass is 32.1. The van der Waals surface area contributed by atoms with E-state index < -0.39 is 0 Å². The maximum absolute atomic E-state index is 11.0. The van der Waals surface area contributed by atoms with E-state index in [0.717, 1.165) is 16.3 Å². The fourth-order valence-corrected chi connectivity index (χ4v) is 1.82. The van der Waals surface area contributed by atoms with Crippen LogP contribution in [0.2, 0.25) is 0 Å². The number of hydrogen-bond acceptors (Lipinski definition) is 4. The first kappa shape index (κ1) is 10.3. The van der Waals surface area contributed by atoms with E-state index in [1.807, 2.05) is 6.92 Å². The quantitative estimate of drug-likeness (QED) is 0.695. The first-order valence-electron chi connectivity index (χ1n) is 4.12. The third-order valence-corrected chi connectivity index (χ3v) is 2.89. The van der Waals surface area contributed by atoms with Gasteiger partial charge in [0.2, 0.25) is 0 Å². The molecule has 0 saturated carbocycles. The van der Waals surface area contributed by atoms with Gasteiger partial charge in [0, 0.05) is 26.7 Å². The minimum Gasteiger partial charge on any atom is -0.381 e. The monoisotopic (exact) mass is 199 g/mol. The molecule has 13 heavy (non-hydrogen) atoms. The van der Waals surface area contributed by atoms with Crippen molar-refractivity contribution in [3.05, 3.63) is 16.1 Å². The van der Waals surface area contributed by atoms with Crippen LogP contribution in [0.1, 0.15) is 28.5 Å². The molecule has 0 radical (unpaired) electrons. The van der Waals surface area contributed by atoms with Crippen LogP contribution in [0.25, 0.3) is 0 Å². The molecule has 0 spiro atoms. The van der Waals surface area contributed by atoms with Crippen LogP contribution >= 0.6 is 11.3 Å². The lowest BCUT2D eigenvalue weighted by Gasteiger charge is -2.05. The Kier molecular flexibility index (Phi) is 3.57. The number of ether oxygens (including phenoxy) is 1. The van der Waals surface area contributed by atoms with Gasteiger partial charge >= 0.3 is 0 Å². The number of thiazole rings is 1. The lowest BCUT2D eigenvalue weighted by Crippen LogP contribution is -2.07. The number of Topliss-reactive ketones (excluding diaryl/α,β-unsaturated/α-hetero) is 1. The smallest absolute Gasteiger partial charge is 0.171 e. The molecule has 1 aromatic rings. The van der Waals surface area contributed by atoms with Crippen LogP contribution in [0.4, 0.5) is 0 Å². The van der Waals surface area contributed by atoms with Crippen molar-refractivity contribution < 1.29 is 9.53 Å². The standard InChI is InChI=1S/C9H13NO2S/c1-6(12-3)4-9-10-5-8(13-9)7(2)11/h5-6H,4H2,1-3H3. The highest BCUT2D eigenvalue weighted by Crippen LogP contribution is 2.15. The Balaban J connectivity index is 2.64. The molecule has 1 aromatic heterocycles. The Morgan fingerprint density at radius 2 is 2.46 bits per heavy atom. The van der Waals surface area contributed by atoms with Crippen LogP contribution in [0.15, 0.2) is 6.20 Å². The molecule has 3 nitrogen and oxygen atoms in total. The van der Waals surface area contributed by atoms with Crippen molar-refractivity contribution in [3.8, 4) is 0 Å². The lowest BCUT2D eigenvalue weighted by molar-refractivity contribution is 0.102. The minimum absolute atomic E-state index is 0.0776. The van der Waals surface area contributed by atoms with Crippen LogP contribution in [0, 0.1) is 0 Å². The normalized spacial score (nSPS) is 12.8. The van der Waals surface area contributed by atoms with Gasteiger partial charge in [0.15, 0.2) is 5.78 Å². The van der Waals surface area contributed by atoms with E-state index in [0.29, 0.717) is 0 Å². The van der Waals surface area contributed by atoms with Crippen LogP contribution in [-0.4, -0.2) is 24.0 Å². The van der Waals surface area contributed by atoms with E-state index in [9.17, 15) is 4.79 Å². The Morgan fingerprint density at radius 1 is 1.77 bits per heavy atom. The maximum Gasteiger partial charge on any atom is 0.171 e. The molecular formula is C9H13NO2S. The number of nitrogens with zero attached hydrogens (tertiary/aromatic N) is 1. The van der Waals surface area contributed by atoms with Gasteiger partial charge in [-0.3, -0.25) is 4.79 Å². The molecule has 0 aliphatic rings. The van der Waals surface area contributed by atoms with Crippen molar-refractivity contribution in [2.24, 2.45) is 0 Å². The van der Waals surface area contributed by atoms with Gasteiger partial charge in [-0.15, -0.1) is 11.3 Å². The van der Waals surface area contributed by atoms with E-state index in [1.165, 1.54) is 11.3 Å².